The van der Waals surface area contributed by atoms with Crippen LogP contribution in [-0.2, 0) is 13.0 Å². The minimum atomic E-state index is -0.444. The van der Waals surface area contributed by atoms with E-state index in [1.165, 1.54) is 31.2 Å². The summed E-state index contributed by atoms with van der Waals surface area (Å²) in [4.78, 5) is 30.0. The largest absolute Gasteiger partial charge is 0.357 e. The summed E-state index contributed by atoms with van der Waals surface area (Å²) in [6, 6.07) is 10.0. The van der Waals surface area contributed by atoms with Crippen molar-refractivity contribution >= 4 is 17.4 Å². The van der Waals surface area contributed by atoms with Gasteiger partial charge in [-0.25, -0.2) is 9.67 Å². The third-order valence-electron chi connectivity index (χ3n) is 5.45. The number of rotatable bonds is 7. The van der Waals surface area contributed by atoms with Crippen LogP contribution < -0.4 is 10.2 Å². The Morgan fingerprint density at radius 3 is 2.61 bits per heavy atom. The van der Waals surface area contributed by atoms with Crippen molar-refractivity contribution in [3.05, 3.63) is 75.7 Å². The van der Waals surface area contributed by atoms with Crippen LogP contribution in [0.4, 0.5) is 11.5 Å². The fraction of sp³-hybridized carbons (Fsp3) is 0.318. The molecule has 1 aliphatic rings. The predicted molar refractivity (Wildman–Crippen MR) is 116 cm³/mol. The number of aromatic nitrogens is 3. The van der Waals surface area contributed by atoms with Crippen molar-refractivity contribution in [1.82, 2.24) is 20.1 Å². The lowest BCUT2D eigenvalue weighted by Crippen LogP contribution is -2.24. The number of benzene rings is 1. The van der Waals surface area contributed by atoms with Gasteiger partial charge in [-0.05, 0) is 49.1 Å². The van der Waals surface area contributed by atoms with Crippen LogP contribution >= 0.6 is 0 Å². The summed E-state index contributed by atoms with van der Waals surface area (Å²) in [6.07, 6.45) is 6.27. The molecule has 3 heterocycles. The number of anilines is 1. The van der Waals surface area contributed by atoms with E-state index in [1.54, 1.807) is 23.0 Å². The van der Waals surface area contributed by atoms with Gasteiger partial charge in [0.15, 0.2) is 0 Å². The van der Waals surface area contributed by atoms with Crippen molar-refractivity contribution in [1.29, 1.82) is 0 Å². The first-order chi connectivity index (χ1) is 15.1. The van der Waals surface area contributed by atoms with Crippen LogP contribution in [-0.4, -0.2) is 38.7 Å². The Bertz CT molecular complexity index is 1090. The average molecular weight is 420 g/mol. The second-order valence-electron chi connectivity index (χ2n) is 7.44. The number of carbonyl (C=O) groups excluding carboxylic acids is 1. The first-order valence-corrected chi connectivity index (χ1v) is 10.4. The van der Waals surface area contributed by atoms with Gasteiger partial charge in [0.05, 0.1) is 28.1 Å². The molecule has 0 saturated carbocycles. The molecule has 160 valence electrons. The number of hydrogen-bond acceptors (Lipinski definition) is 6. The smallest absolute Gasteiger partial charge is 0.269 e. The molecule has 0 radical (unpaired) electrons. The maximum absolute atomic E-state index is 12.8. The molecule has 0 spiro atoms. The van der Waals surface area contributed by atoms with Crippen LogP contribution in [0.25, 0.3) is 5.69 Å². The van der Waals surface area contributed by atoms with E-state index in [1.807, 2.05) is 19.1 Å². The zero-order valence-electron chi connectivity index (χ0n) is 17.3. The minimum Gasteiger partial charge on any atom is -0.357 e. The molecular formula is C22H24N6O3. The third-order valence-corrected chi connectivity index (χ3v) is 5.45. The number of nitrogens with one attached hydrogen (secondary N) is 1. The van der Waals surface area contributed by atoms with E-state index in [4.69, 9.17) is 0 Å². The SMILES string of the molecule is CCc1c(C(=O)NCc2ccnc(N3CCCC3)c2)cnn1-c1ccc([N+](=O)[O-])cc1. The fourth-order valence-corrected chi connectivity index (χ4v) is 3.81. The molecule has 1 aromatic carbocycles. The van der Waals surface area contributed by atoms with E-state index in [0.29, 0.717) is 24.2 Å². The zero-order valence-corrected chi connectivity index (χ0v) is 17.3. The summed E-state index contributed by atoms with van der Waals surface area (Å²) in [6.45, 7) is 4.38. The van der Waals surface area contributed by atoms with Crippen molar-refractivity contribution in [3.8, 4) is 5.69 Å². The minimum absolute atomic E-state index is 0.0116. The molecule has 1 fully saturated rings. The van der Waals surface area contributed by atoms with E-state index in [2.05, 4.69) is 20.3 Å². The van der Waals surface area contributed by atoms with Gasteiger partial charge in [0.25, 0.3) is 11.6 Å². The molecule has 0 unspecified atom stereocenters. The van der Waals surface area contributed by atoms with Crippen molar-refractivity contribution in [2.24, 2.45) is 0 Å². The normalized spacial score (nSPS) is 13.4. The lowest BCUT2D eigenvalue weighted by atomic mass is 10.1. The molecule has 2 aromatic heterocycles. The van der Waals surface area contributed by atoms with Crippen molar-refractivity contribution in [2.75, 3.05) is 18.0 Å². The number of nitro groups is 1. The van der Waals surface area contributed by atoms with Crippen LogP contribution in [0.1, 0.15) is 41.4 Å². The van der Waals surface area contributed by atoms with Gasteiger partial charge in [0.2, 0.25) is 0 Å². The molecule has 9 heteroatoms. The van der Waals surface area contributed by atoms with Crippen LogP contribution in [0.3, 0.4) is 0 Å². The number of carbonyl (C=O) groups is 1. The quantitative estimate of drug-likeness (QED) is 0.464. The molecule has 31 heavy (non-hydrogen) atoms. The van der Waals surface area contributed by atoms with Crippen LogP contribution in [0.5, 0.6) is 0 Å². The van der Waals surface area contributed by atoms with Gasteiger partial charge in [-0.1, -0.05) is 6.92 Å². The Kier molecular flexibility index (Phi) is 5.92. The number of amides is 1. The Hall–Kier alpha value is -3.75. The van der Waals surface area contributed by atoms with Gasteiger partial charge in [-0.3, -0.25) is 14.9 Å². The molecule has 0 bridgehead atoms. The van der Waals surface area contributed by atoms with E-state index >= 15 is 0 Å². The van der Waals surface area contributed by atoms with Gasteiger partial charge in [-0.2, -0.15) is 5.10 Å². The van der Waals surface area contributed by atoms with E-state index in [9.17, 15) is 14.9 Å². The highest BCUT2D eigenvalue weighted by atomic mass is 16.6. The monoisotopic (exact) mass is 420 g/mol. The second-order valence-corrected chi connectivity index (χ2v) is 7.44. The van der Waals surface area contributed by atoms with Crippen LogP contribution in [0.15, 0.2) is 48.8 Å². The molecule has 1 aliphatic heterocycles. The number of pyridine rings is 1. The Morgan fingerprint density at radius 1 is 1.19 bits per heavy atom. The molecule has 0 aliphatic carbocycles. The van der Waals surface area contributed by atoms with E-state index in [-0.39, 0.29) is 11.6 Å². The van der Waals surface area contributed by atoms with Crippen molar-refractivity contribution in [3.63, 3.8) is 0 Å². The molecular weight excluding hydrogens is 396 g/mol. The summed E-state index contributed by atoms with van der Waals surface area (Å²) < 4.78 is 1.65. The highest BCUT2D eigenvalue weighted by molar-refractivity contribution is 5.95. The van der Waals surface area contributed by atoms with Gasteiger partial charge in [0, 0.05) is 38.0 Å². The van der Waals surface area contributed by atoms with Crippen LogP contribution in [0, 0.1) is 10.1 Å². The van der Waals surface area contributed by atoms with Gasteiger partial charge < -0.3 is 10.2 Å². The molecule has 0 atom stereocenters. The summed E-state index contributed by atoms with van der Waals surface area (Å²) in [5.41, 5.74) is 2.92. The summed E-state index contributed by atoms with van der Waals surface area (Å²) in [5, 5.41) is 18.2. The van der Waals surface area contributed by atoms with Crippen LogP contribution in [0.2, 0.25) is 0 Å². The second kappa shape index (κ2) is 8.95. The average Bonchev–Trinajstić information content (AvgIpc) is 3.48. The lowest BCUT2D eigenvalue weighted by molar-refractivity contribution is -0.384. The fourth-order valence-electron chi connectivity index (χ4n) is 3.81. The maximum atomic E-state index is 12.8. The Balaban J connectivity index is 1.48. The first kappa shape index (κ1) is 20.5. The Morgan fingerprint density at radius 2 is 1.94 bits per heavy atom. The topological polar surface area (TPSA) is 106 Å². The number of non-ortho nitro benzene ring substituents is 1. The molecule has 3 aromatic rings. The molecule has 1 saturated heterocycles. The predicted octanol–water partition coefficient (Wildman–Crippen LogP) is 3.27. The zero-order chi connectivity index (χ0) is 21.8. The standard InChI is InChI=1S/C22H24N6O3/c1-2-20-19(15-25-27(20)17-5-7-18(8-6-17)28(30)31)22(29)24-14-16-9-10-23-21(13-16)26-11-3-4-12-26/h5-10,13,15H,2-4,11-12,14H2,1H3,(H,24,29). The molecule has 4 rings (SSSR count). The highest BCUT2D eigenvalue weighted by Gasteiger charge is 2.18. The van der Waals surface area contributed by atoms with Gasteiger partial charge in [0.1, 0.15) is 5.82 Å². The van der Waals surface area contributed by atoms with E-state index in [0.717, 1.165) is 30.2 Å². The number of nitrogens with zero attached hydrogens (tertiary/aromatic N) is 5. The van der Waals surface area contributed by atoms with Gasteiger partial charge in [-0.15, -0.1) is 0 Å². The number of nitro benzene ring substituents is 1. The molecule has 9 nitrogen and oxygen atoms in total. The van der Waals surface area contributed by atoms with Crippen molar-refractivity contribution < 1.29 is 9.72 Å². The Labute approximate surface area is 179 Å². The maximum Gasteiger partial charge on any atom is 0.269 e. The van der Waals surface area contributed by atoms with Gasteiger partial charge >= 0.3 is 0 Å². The third kappa shape index (κ3) is 4.40. The molecule has 1 N–H and O–H groups in total. The molecule has 1 amide bonds. The highest BCUT2D eigenvalue weighted by Crippen LogP contribution is 2.20. The van der Waals surface area contributed by atoms with E-state index < -0.39 is 4.92 Å². The summed E-state index contributed by atoms with van der Waals surface area (Å²) >= 11 is 0. The summed E-state index contributed by atoms with van der Waals surface area (Å²) in [5.74, 6) is 0.744. The summed E-state index contributed by atoms with van der Waals surface area (Å²) in [7, 11) is 0. The number of hydrogen-bond donors (Lipinski definition) is 1. The lowest BCUT2D eigenvalue weighted by Gasteiger charge is -2.17. The first-order valence-electron chi connectivity index (χ1n) is 10.4. The van der Waals surface area contributed by atoms with Crippen molar-refractivity contribution in [2.45, 2.75) is 32.7 Å².